The average molecular weight is 349 g/mol. The Kier molecular flexibility index (Phi) is 77.4. The van der Waals surface area contributed by atoms with Crippen molar-refractivity contribution in [2.45, 2.75) is 0 Å². The Morgan fingerprint density at radius 3 is 0.615 bits per heavy atom. The molecule has 0 saturated carbocycles. The summed E-state index contributed by atoms with van der Waals surface area (Å²) in [6.07, 6.45) is 0. The van der Waals surface area contributed by atoms with Crippen LogP contribution in [0.2, 0.25) is 0 Å². The summed E-state index contributed by atoms with van der Waals surface area (Å²) in [4.78, 5) is 23.2. The standard InChI is InChI=1S/C6H6.3CHO.W/c1-2-4-6-5-3-1;3*1-2;/h1-6H;3*1H;/q;3*-1;. The Hall–Kier alpha value is -1.08. The molecule has 0 fully saturated rings. The zero-order chi connectivity index (χ0) is 10.2. The quantitative estimate of drug-likeness (QED) is 0.516. The van der Waals surface area contributed by atoms with Gasteiger partial charge in [0, 0.05) is 21.1 Å². The van der Waals surface area contributed by atoms with Crippen LogP contribution in [0.25, 0.3) is 0 Å². The van der Waals surface area contributed by atoms with E-state index in [-0.39, 0.29) is 21.1 Å². The predicted molar refractivity (Wildman–Crippen MR) is 46.7 cm³/mol. The average Bonchev–Trinajstić information content (AvgIpc) is 2.29. The van der Waals surface area contributed by atoms with Crippen molar-refractivity contribution in [1.29, 1.82) is 0 Å². The molecule has 0 saturated heterocycles. The van der Waals surface area contributed by atoms with Gasteiger partial charge in [-0.1, -0.05) is 36.4 Å². The van der Waals surface area contributed by atoms with Crippen LogP contribution in [0, 0.1) is 0 Å². The van der Waals surface area contributed by atoms with Gasteiger partial charge in [-0.25, -0.2) is 0 Å². The van der Waals surface area contributed by atoms with Crippen molar-refractivity contribution < 1.29 is 35.4 Å². The molecule has 1 rings (SSSR count). The molecule has 0 bridgehead atoms. The van der Waals surface area contributed by atoms with E-state index < -0.39 is 0 Å². The van der Waals surface area contributed by atoms with Crippen molar-refractivity contribution in [3.63, 3.8) is 0 Å². The van der Waals surface area contributed by atoms with E-state index in [4.69, 9.17) is 14.4 Å². The van der Waals surface area contributed by atoms with E-state index in [0.717, 1.165) is 0 Å². The van der Waals surface area contributed by atoms with Crippen molar-refractivity contribution in [3.05, 3.63) is 36.4 Å². The molecule has 0 aromatic heterocycles. The van der Waals surface area contributed by atoms with Gasteiger partial charge in [-0.05, 0) is 0 Å². The molecule has 0 aliphatic heterocycles. The molecule has 1 aromatic carbocycles. The van der Waals surface area contributed by atoms with E-state index in [9.17, 15) is 0 Å². The Bertz CT molecular complexity index is 115. The summed E-state index contributed by atoms with van der Waals surface area (Å²) in [6.45, 7) is 9.75. The molecular formula is C9H9O3W-3. The topological polar surface area (TPSA) is 51.2 Å². The summed E-state index contributed by atoms with van der Waals surface area (Å²) >= 11 is 0. The minimum Gasteiger partial charge on any atom is -0.545 e. The predicted octanol–water partition coefficient (Wildman–Crippen LogP) is 0.862. The SMILES string of the molecule is [CH-]=O.[CH-]=O.[CH-]=O.[W].c1ccccc1. The number of benzene rings is 1. The van der Waals surface area contributed by atoms with Gasteiger partial charge >= 0.3 is 0 Å². The van der Waals surface area contributed by atoms with Gasteiger partial charge in [0.2, 0.25) is 0 Å². The smallest absolute Gasteiger partial charge is 0 e. The van der Waals surface area contributed by atoms with E-state index in [0.29, 0.717) is 0 Å². The van der Waals surface area contributed by atoms with E-state index in [1.165, 1.54) is 0 Å². The summed E-state index contributed by atoms with van der Waals surface area (Å²) in [5.41, 5.74) is 0. The molecule has 0 N–H and O–H groups in total. The molecule has 0 unspecified atom stereocenters. The second-order valence-electron chi connectivity index (χ2n) is 1.15. The fraction of sp³-hybridized carbons (Fsp3) is 0. The van der Waals surface area contributed by atoms with E-state index >= 15 is 0 Å². The second kappa shape index (κ2) is 44.4. The normalized spacial score (nSPS) is 4.62. The fourth-order valence-corrected chi connectivity index (χ4v) is 0.385. The molecule has 0 atom stereocenters. The Morgan fingerprint density at radius 1 is 0.462 bits per heavy atom. The molecule has 4 heteroatoms. The van der Waals surface area contributed by atoms with Crippen molar-refractivity contribution >= 4 is 20.4 Å². The number of hydrogen-bond acceptors (Lipinski definition) is 3. The minimum atomic E-state index is 0. The summed E-state index contributed by atoms with van der Waals surface area (Å²) in [5, 5.41) is 0. The van der Waals surface area contributed by atoms with E-state index in [1.54, 1.807) is 0 Å². The monoisotopic (exact) mass is 349 g/mol. The van der Waals surface area contributed by atoms with Gasteiger partial charge in [0.1, 0.15) is 0 Å². The largest absolute Gasteiger partial charge is 0.545 e. The molecule has 0 aliphatic rings. The van der Waals surface area contributed by atoms with Crippen LogP contribution in [0.15, 0.2) is 36.4 Å². The van der Waals surface area contributed by atoms with Crippen molar-refractivity contribution in [3.8, 4) is 0 Å². The first kappa shape index (κ1) is 22.7. The number of rotatable bonds is 0. The molecule has 0 aliphatic carbocycles. The number of carbonyl (C=O) groups excluding carboxylic acids is 3. The molecule has 72 valence electrons. The van der Waals surface area contributed by atoms with Gasteiger partial charge in [0.15, 0.2) is 0 Å². The van der Waals surface area contributed by atoms with Crippen LogP contribution in [0.4, 0.5) is 0 Å². The second-order valence-corrected chi connectivity index (χ2v) is 1.15. The Morgan fingerprint density at radius 2 is 0.538 bits per heavy atom. The van der Waals surface area contributed by atoms with Crippen LogP contribution >= 0.6 is 0 Å². The van der Waals surface area contributed by atoms with Gasteiger partial charge in [-0.3, -0.25) is 20.4 Å². The molecule has 1 aromatic rings. The first-order chi connectivity index (χ1) is 6.00. The summed E-state index contributed by atoms with van der Waals surface area (Å²) < 4.78 is 0. The first-order valence-electron chi connectivity index (χ1n) is 2.71. The van der Waals surface area contributed by atoms with Crippen LogP contribution in [0.1, 0.15) is 0 Å². The fourth-order valence-electron chi connectivity index (χ4n) is 0.385. The zero-order valence-corrected chi connectivity index (χ0v) is 9.76. The van der Waals surface area contributed by atoms with Crippen LogP contribution in [-0.2, 0) is 35.4 Å². The maximum atomic E-state index is 7.75. The third-order valence-electron chi connectivity index (χ3n) is 0.667. The van der Waals surface area contributed by atoms with Gasteiger partial charge in [-0.2, -0.15) is 0 Å². The zero-order valence-electron chi connectivity index (χ0n) is 6.83. The molecule has 3 nitrogen and oxygen atoms in total. The van der Waals surface area contributed by atoms with Gasteiger partial charge < -0.3 is 14.4 Å². The third kappa shape index (κ3) is 35.9. The molecule has 0 spiro atoms. The Labute approximate surface area is 92.4 Å². The summed E-state index contributed by atoms with van der Waals surface area (Å²) in [5.74, 6) is 0. The maximum absolute atomic E-state index is 7.75. The van der Waals surface area contributed by atoms with Crippen molar-refractivity contribution in [1.82, 2.24) is 0 Å². The van der Waals surface area contributed by atoms with Crippen LogP contribution in [-0.4, -0.2) is 20.4 Å². The van der Waals surface area contributed by atoms with Gasteiger partial charge in [0.05, 0.1) is 0 Å². The first-order valence-corrected chi connectivity index (χ1v) is 2.71. The van der Waals surface area contributed by atoms with E-state index in [1.807, 2.05) is 36.4 Å². The summed E-state index contributed by atoms with van der Waals surface area (Å²) in [6, 6.07) is 12.0. The molecule has 0 amide bonds. The van der Waals surface area contributed by atoms with Crippen LogP contribution < -0.4 is 0 Å². The maximum Gasteiger partial charge on any atom is 0 e. The molecular weight excluding hydrogens is 340 g/mol. The van der Waals surface area contributed by atoms with Crippen molar-refractivity contribution in [2.24, 2.45) is 0 Å². The molecule has 0 radical (unpaired) electrons. The van der Waals surface area contributed by atoms with E-state index in [2.05, 4.69) is 20.4 Å². The molecule has 0 heterocycles. The van der Waals surface area contributed by atoms with Gasteiger partial charge in [-0.15, -0.1) is 0 Å². The van der Waals surface area contributed by atoms with Crippen LogP contribution in [0.3, 0.4) is 0 Å². The summed E-state index contributed by atoms with van der Waals surface area (Å²) in [7, 11) is 0. The van der Waals surface area contributed by atoms with Crippen LogP contribution in [0.5, 0.6) is 0 Å². The molecule has 13 heavy (non-hydrogen) atoms. The minimum absolute atomic E-state index is 0. The third-order valence-corrected chi connectivity index (χ3v) is 0.667. The van der Waals surface area contributed by atoms with Gasteiger partial charge in [0.25, 0.3) is 0 Å². The number of hydrogen-bond donors (Lipinski definition) is 0. The van der Waals surface area contributed by atoms with Crippen molar-refractivity contribution in [2.75, 3.05) is 0 Å². The Balaban J connectivity index is -0.0000000508.